The molecule has 0 atom stereocenters. The molecule has 20 heavy (non-hydrogen) atoms. The summed E-state index contributed by atoms with van der Waals surface area (Å²) in [6, 6.07) is 0.591. The summed E-state index contributed by atoms with van der Waals surface area (Å²) in [4.78, 5) is 6.92. The van der Waals surface area contributed by atoms with Gasteiger partial charge in [0.2, 0.25) is 0 Å². The van der Waals surface area contributed by atoms with Crippen LogP contribution in [0.25, 0.3) is 0 Å². The molecule has 0 aromatic heterocycles. The molecule has 0 radical (unpaired) electrons. The van der Waals surface area contributed by atoms with Crippen molar-refractivity contribution in [3.8, 4) is 0 Å². The molecule has 122 valence electrons. The van der Waals surface area contributed by atoms with Crippen LogP contribution < -0.4 is 10.6 Å². The number of halogens is 1. The molecule has 0 aliphatic heterocycles. The Kier molecular flexibility index (Phi) is 17.7. The van der Waals surface area contributed by atoms with Crippen LogP contribution in [0.3, 0.4) is 0 Å². The minimum Gasteiger partial charge on any atom is -0.357 e. The molecule has 0 aliphatic rings. The van der Waals surface area contributed by atoms with Crippen molar-refractivity contribution in [2.45, 2.75) is 39.7 Å². The normalized spacial score (nSPS) is 11.7. The molecule has 2 N–H and O–H groups in total. The maximum Gasteiger partial charge on any atom is 0.191 e. The zero-order valence-corrected chi connectivity index (χ0v) is 16.9. The van der Waals surface area contributed by atoms with Gasteiger partial charge in [0.25, 0.3) is 0 Å². The highest BCUT2D eigenvalue weighted by Gasteiger charge is 2.03. The summed E-state index contributed by atoms with van der Waals surface area (Å²) in [5.41, 5.74) is 0. The van der Waals surface area contributed by atoms with Crippen LogP contribution >= 0.6 is 35.7 Å². The molecular formula is C14H33IN4S. The number of nitrogens with one attached hydrogen (secondary N) is 2. The fraction of sp³-hybridized carbons (Fsp3) is 0.929. The van der Waals surface area contributed by atoms with E-state index in [2.05, 4.69) is 54.6 Å². The molecule has 0 aliphatic carbocycles. The average Bonchev–Trinajstić information content (AvgIpc) is 2.38. The lowest BCUT2D eigenvalue weighted by Crippen LogP contribution is -2.42. The third-order valence-electron chi connectivity index (χ3n) is 3.01. The Labute approximate surface area is 147 Å². The second-order valence-corrected chi connectivity index (χ2v) is 5.95. The largest absolute Gasteiger partial charge is 0.357 e. The number of aliphatic imine (C=N–C) groups is 1. The quantitative estimate of drug-likeness (QED) is 0.249. The molecule has 0 fully saturated rings. The van der Waals surface area contributed by atoms with Gasteiger partial charge in [-0.3, -0.25) is 4.99 Å². The molecule has 0 heterocycles. The second-order valence-electron chi connectivity index (χ2n) is 4.96. The topological polar surface area (TPSA) is 39.7 Å². The van der Waals surface area contributed by atoms with Gasteiger partial charge in [-0.1, -0.05) is 0 Å². The smallest absolute Gasteiger partial charge is 0.191 e. The summed E-state index contributed by atoms with van der Waals surface area (Å²) >= 11 is 1.91. The number of guanidine groups is 1. The SMILES string of the molecule is CCNC(=NCCCCSC)NCCN(C)C(C)C.I. The van der Waals surface area contributed by atoms with Crippen LogP contribution in [0, 0.1) is 0 Å². The van der Waals surface area contributed by atoms with Gasteiger partial charge in [-0.05, 0) is 52.7 Å². The first kappa shape index (κ1) is 22.6. The minimum atomic E-state index is 0. The fourth-order valence-electron chi connectivity index (χ4n) is 1.50. The fourth-order valence-corrected chi connectivity index (χ4v) is 1.99. The van der Waals surface area contributed by atoms with E-state index in [9.17, 15) is 0 Å². The first-order valence-electron chi connectivity index (χ1n) is 7.33. The van der Waals surface area contributed by atoms with Crippen LogP contribution in [0.15, 0.2) is 4.99 Å². The van der Waals surface area contributed by atoms with Gasteiger partial charge in [-0.2, -0.15) is 11.8 Å². The number of hydrogen-bond acceptors (Lipinski definition) is 3. The molecule has 4 nitrogen and oxygen atoms in total. The molecule has 0 aromatic carbocycles. The highest BCUT2D eigenvalue weighted by Crippen LogP contribution is 1.99. The third kappa shape index (κ3) is 13.3. The molecule has 6 heteroatoms. The zero-order valence-electron chi connectivity index (χ0n) is 13.7. The van der Waals surface area contributed by atoms with E-state index in [1.165, 1.54) is 18.6 Å². The summed E-state index contributed by atoms with van der Waals surface area (Å²) in [6.45, 7) is 10.3. The highest BCUT2D eigenvalue weighted by atomic mass is 127. The first-order valence-corrected chi connectivity index (χ1v) is 8.72. The monoisotopic (exact) mass is 416 g/mol. The van der Waals surface area contributed by atoms with E-state index in [0.717, 1.165) is 32.1 Å². The lowest BCUT2D eigenvalue weighted by molar-refractivity contribution is 0.278. The van der Waals surface area contributed by atoms with Crippen LogP contribution in [-0.2, 0) is 0 Å². The van der Waals surface area contributed by atoms with Gasteiger partial charge in [0.1, 0.15) is 0 Å². The number of likely N-dealkylation sites (N-methyl/N-ethyl adjacent to an activating group) is 1. The van der Waals surface area contributed by atoms with Crippen molar-refractivity contribution in [1.82, 2.24) is 15.5 Å². The number of nitrogens with zero attached hydrogens (tertiary/aromatic N) is 2. The summed E-state index contributed by atoms with van der Waals surface area (Å²) in [6.07, 6.45) is 4.57. The molecule has 0 aromatic rings. The maximum atomic E-state index is 4.59. The molecule has 0 saturated carbocycles. The summed E-state index contributed by atoms with van der Waals surface area (Å²) in [7, 11) is 2.15. The standard InChI is InChI=1S/C14H32N4S.HI/c1-6-15-14(16-9-7-8-12-19-5)17-10-11-18(4)13(2)3;/h13H,6-12H2,1-5H3,(H2,15,16,17);1H. The van der Waals surface area contributed by atoms with E-state index in [1.54, 1.807) is 0 Å². The molecule has 0 saturated heterocycles. The summed E-state index contributed by atoms with van der Waals surface area (Å²) in [5.74, 6) is 2.18. The van der Waals surface area contributed by atoms with Gasteiger partial charge in [0, 0.05) is 32.2 Å². The van der Waals surface area contributed by atoms with E-state index < -0.39 is 0 Å². The van der Waals surface area contributed by atoms with E-state index in [-0.39, 0.29) is 24.0 Å². The van der Waals surface area contributed by atoms with Gasteiger partial charge in [0.05, 0.1) is 0 Å². The van der Waals surface area contributed by atoms with Crippen molar-refractivity contribution in [3.63, 3.8) is 0 Å². The third-order valence-corrected chi connectivity index (χ3v) is 3.71. The van der Waals surface area contributed by atoms with Gasteiger partial charge in [0.15, 0.2) is 5.96 Å². The van der Waals surface area contributed by atoms with Crippen LogP contribution in [0.2, 0.25) is 0 Å². The average molecular weight is 416 g/mol. The zero-order chi connectivity index (χ0) is 14.5. The molecule has 0 unspecified atom stereocenters. The van der Waals surface area contributed by atoms with Crippen molar-refractivity contribution < 1.29 is 0 Å². The lowest BCUT2D eigenvalue weighted by Gasteiger charge is -2.21. The predicted octanol–water partition coefficient (Wildman–Crippen LogP) is 2.64. The van der Waals surface area contributed by atoms with Gasteiger partial charge in [-0.15, -0.1) is 24.0 Å². The summed E-state index contributed by atoms with van der Waals surface area (Å²) in [5, 5.41) is 6.68. The van der Waals surface area contributed by atoms with Crippen LogP contribution in [0.5, 0.6) is 0 Å². The Morgan fingerprint density at radius 1 is 1.25 bits per heavy atom. The van der Waals surface area contributed by atoms with Crippen LogP contribution in [-0.4, -0.2) is 62.1 Å². The van der Waals surface area contributed by atoms with Crippen molar-refractivity contribution in [2.75, 3.05) is 45.2 Å². The number of thioether (sulfide) groups is 1. The number of hydrogen-bond donors (Lipinski definition) is 2. The molecular weight excluding hydrogens is 383 g/mol. The van der Waals surface area contributed by atoms with Crippen molar-refractivity contribution in [3.05, 3.63) is 0 Å². The van der Waals surface area contributed by atoms with Gasteiger partial charge in [-0.25, -0.2) is 0 Å². The Morgan fingerprint density at radius 2 is 1.95 bits per heavy atom. The predicted molar refractivity (Wildman–Crippen MR) is 105 cm³/mol. The minimum absolute atomic E-state index is 0. The van der Waals surface area contributed by atoms with Crippen LogP contribution in [0.4, 0.5) is 0 Å². The Morgan fingerprint density at radius 3 is 2.50 bits per heavy atom. The van der Waals surface area contributed by atoms with Crippen LogP contribution in [0.1, 0.15) is 33.6 Å². The first-order chi connectivity index (χ1) is 9.11. The van der Waals surface area contributed by atoms with Crippen molar-refractivity contribution in [1.29, 1.82) is 0 Å². The molecule has 0 bridgehead atoms. The molecule has 0 rings (SSSR count). The van der Waals surface area contributed by atoms with E-state index in [4.69, 9.17) is 0 Å². The number of rotatable bonds is 10. The van der Waals surface area contributed by atoms with Gasteiger partial charge < -0.3 is 15.5 Å². The number of unbranched alkanes of at least 4 members (excludes halogenated alkanes) is 1. The second kappa shape index (κ2) is 15.7. The summed E-state index contributed by atoms with van der Waals surface area (Å²) < 4.78 is 0. The van der Waals surface area contributed by atoms with Gasteiger partial charge >= 0.3 is 0 Å². The van der Waals surface area contributed by atoms with E-state index in [0.29, 0.717) is 6.04 Å². The van der Waals surface area contributed by atoms with E-state index >= 15 is 0 Å². The lowest BCUT2D eigenvalue weighted by atomic mass is 10.3. The Bertz CT molecular complexity index is 237. The van der Waals surface area contributed by atoms with Crippen molar-refractivity contribution >= 4 is 41.7 Å². The molecule has 0 spiro atoms. The Balaban J connectivity index is 0. The molecule has 0 amide bonds. The Hall–Kier alpha value is 0.310. The van der Waals surface area contributed by atoms with E-state index in [1.807, 2.05) is 11.8 Å². The maximum absolute atomic E-state index is 4.59. The highest BCUT2D eigenvalue weighted by molar-refractivity contribution is 14.0. The van der Waals surface area contributed by atoms with Crippen molar-refractivity contribution in [2.24, 2.45) is 4.99 Å².